The van der Waals surface area contributed by atoms with E-state index in [0.717, 1.165) is 0 Å². The Kier molecular flexibility index (Phi) is 4.96. The second-order valence-corrected chi connectivity index (χ2v) is 6.12. The van der Waals surface area contributed by atoms with Gasteiger partial charge in [-0.25, -0.2) is 9.55 Å². The molecule has 15 heteroatoms. The second kappa shape index (κ2) is 6.36. The van der Waals surface area contributed by atoms with Crippen LogP contribution in [0.15, 0.2) is 11.0 Å². The fourth-order valence-electron chi connectivity index (χ4n) is 1.95. The lowest BCUT2D eigenvalue weighted by molar-refractivity contribution is -0.0702. The number of aliphatic hydroxyl groups is 3. The van der Waals surface area contributed by atoms with E-state index in [0.29, 0.717) is 6.20 Å². The Morgan fingerprint density at radius 3 is 2.62 bits per heavy atom. The number of ether oxygens (including phenoxy) is 1. The summed E-state index contributed by atoms with van der Waals surface area (Å²) in [6, 6.07) is 0. The predicted molar refractivity (Wildman–Crippen MR) is 75.2 cm³/mol. The normalized spacial score (nSPS) is 31.7. The molecule has 1 aliphatic rings. The van der Waals surface area contributed by atoms with Crippen LogP contribution in [0.5, 0.6) is 5.75 Å². The summed E-state index contributed by atoms with van der Waals surface area (Å²) in [7, 11) is -4.95. The molecule has 1 aliphatic heterocycles. The molecule has 0 saturated carbocycles. The average Bonchev–Trinajstić information content (AvgIpc) is 2.64. The van der Waals surface area contributed by atoms with E-state index in [1.165, 1.54) is 0 Å². The molecule has 1 unspecified atom stereocenters. The van der Waals surface area contributed by atoms with E-state index in [1.807, 2.05) is 0 Å². The minimum atomic E-state index is -4.95. The Morgan fingerprint density at radius 2 is 2.17 bits per heavy atom. The number of anilines is 1. The first-order valence-electron chi connectivity index (χ1n) is 6.31. The Labute approximate surface area is 133 Å². The van der Waals surface area contributed by atoms with Crippen LogP contribution in [0.2, 0.25) is 0 Å². The van der Waals surface area contributed by atoms with Gasteiger partial charge in [-0.15, -0.1) is 0 Å². The van der Waals surface area contributed by atoms with Crippen molar-refractivity contribution >= 4 is 13.8 Å². The quantitative estimate of drug-likeness (QED) is 0.176. The predicted octanol–water partition coefficient (Wildman–Crippen LogP) is -4.34. The van der Waals surface area contributed by atoms with Crippen LogP contribution in [-0.2, 0) is 9.30 Å². The number of nitrogens with zero attached hydrogens (tertiary/aromatic N) is 1. The van der Waals surface area contributed by atoms with Crippen molar-refractivity contribution in [2.24, 2.45) is 11.5 Å². The van der Waals surface area contributed by atoms with E-state index in [1.54, 1.807) is 0 Å². The van der Waals surface area contributed by atoms with E-state index in [2.05, 4.69) is 19.8 Å². The van der Waals surface area contributed by atoms with Crippen molar-refractivity contribution in [1.29, 1.82) is 0 Å². The first-order valence-corrected chi connectivity index (χ1v) is 7.84. The van der Waals surface area contributed by atoms with Crippen LogP contribution >= 0.6 is 7.82 Å². The van der Waals surface area contributed by atoms with Crippen molar-refractivity contribution in [3.63, 3.8) is 0 Å². The number of nitrogens with two attached hydrogens (primary N) is 2. The van der Waals surface area contributed by atoms with Gasteiger partial charge in [0, 0.05) is 0 Å². The summed E-state index contributed by atoms with van der Waals surface area (Å²) in [5, 5.41) is 31.4. The van der Waals surface area contributed by atoms with Crippen LogP contribution in [-0.4, -0.2) is 65.5 Å². The standard InChI is InChI=1S/C9H16N5O9P/c10-5(16)3-4(15)9(11,18)7(22-3)14-8-12-1-2(6(17)13-8)23-24(19,20)21/h1,3-5,7,15-16,18H,10-11H2,(H2,19,20,21)(H2,12,13,14,17)/t3-,4+,5?,7+,9+/m0/s1. The molecule has 0 spiro atoms. The third-order valence-electron chi connectivity index (χ3n) is 3.09. The van der Waals surface area contributed by atoms with Crippen molar-refractivity contribution in [3.05, 3.63) is 16.6 Å². The van der Waals surface area contributed by atoms with E-state index in [-0.39, 0.29) is 5.95 Å². The Bertz CT molecular complexity index is 703. The van der Waals surface area contributed by atoms with E-state index < -0.39 is 49.5 Å². The van der Waals surface area contributed by atoms with E-state index >= 15 is 0 Å². The number of hydrogen-bond donors (Lipinski definition) is 9. The van der Waals surface area contributed by atoms with Crippen molar-refractivity contribution in [3.8, 4) is 5.75 Å². The summed E-state index contributed by atoms with van der Waals surface area (Å²) < 4.78 is 19.9. The summed E-state index contributed by atoms with van der Waals surface area (Å²) in [6.45, 7) is 0. The van der Waals surface area contributed by atoms with Gasteiger partial charge in [0.15, 0.2) is 12.0 Å². The van der Waals surface area contributed by atoms with Crippen LogP contribution < -0.4 is 26.9 Å². The number of aliphatic hydroxyl groups excluding tert-OH is 2. The maximum atomic E-state index is 11.6. The Morgan fingerprint density at radius 1 is 1.54 bits per heavy atom. The number of phosphoric acid groups is 1. The van der Waals surface area contributed by atoms with Gasteiger partial charge < -0.3 is 35.6 Å². The highest BCUT2D eigenvalue weighted by molar-refractivity contribution is 7.46. The molecule has 24 heavy (non-hydrogen) atoms. The molecule has 136 valence electrons. The SMILES string of the molecule is NC(O)[C@H]1O[C@@H](Nc2ncc(OP(=O)(O)O)c(=O)[nH]2)[C@](N)(O)[C@@H]1O. The largest absolute Gasteiger partial charge is 0.525 e. The summed E-state index contributed by atoms with van der Waals surface area (Å²) in [5.74, 6) is -1.08. The maximum absolute atomic E-state index is 11.6. The van der Waals surface area contributed by atoms with E-state index in [9.17, 15) is 24.7 Å². The summed E-state index contributed by atoms with van der Waals surface area (Å²) >= 11 is 0. The van der Waals surface area contributed by atoms with Gasteiger partial charge in [-0.05, 0) is 0 Å². The first-order chi connectivity index (χ1) is 10.9. The third-order valence-corrected chi connectivity index (χ3v) is 3.52. The molecule has 2 heterocycles. The van der Waals surface area contributed by atoms with E-state index in [4.69, 9.17) is 26.0 Å². The number of rotatable bonds is 5. The third kappa shape index (κ3) is 3.89. The molecule has 0 aromatic carbocycles. The van der Waals surface area contributed by atoms with Crippen LogP contribution in [0.3, 0.4) is 0 Å². The summed E-state index contributed by atoms with van der Waals surface area (Å²) in [5.41, 5.74) is 7.24. The van der Waals surface area contributed by atoms with Gasteiger partial charge in [-0.2, -0.15) is 0 Å². The zero-order chi connectivity index (χ0) is 18.3. The van der Waals surface area contributed by atoms with Crippen LogP contribution in [0.4, 0.5) is 5.95 Å². The molecule has 11 N–H and O–H groups in total. The summed E-state index contributed by atoms with van der Waals surface area (Å²) in [4.78, 5) is 34.6. The highest BCUT2D eigenvalue weighted by Crippen LogP contribution is 2.35. The highest BCUT2D eigenvalue weighted by atomic mass is 31.2. The van der Waals surface area contributed by atoms with Gasteiger partial charge in [0.1, 0.15) is 18.4 Å². The molecule has 1 saturated heterocycles. The molecule has 14 nitrogen and oxygen atoms in total. The molecule has 0 radical (unpaired) electrons. The second-order valence-electron chi connectivity index (χ2n) is 4.95. The zero-order valence-corrected chi connectivity index (χ0v) is 12.7. The monoisotopic (exact) mass is 369 g/mol. The fourth-order valence-corrected chi connectivity index (χ4v) is 2.34. The smallest absolute Gasteiger partial charge is 0.397 e. The van der Waals surface area contributed by atoms with Crippen LogP contribution in [0.25, 0.3) is 0 Å². The van der Waals surface area contributed by atoms with Crippen LogP contribution in [0, 0.1) is 0 Å². The molecule has 5 atom stereocenters. The molecule has 0 bridgehead atoms. The van der Waals surface area contributed by atoms with Crippen molar-refractivity contribution in [1.82, 2.24) is 9.97 Å². The zero-order valence-electron chi connectivity index (χ0n) is 11.8. The molecule has 0 aliphatic carbocycles. The minimum Gasteiger partial charge on any atom is -0.397 e. The Hall–Kier alpha value is -1.61. The molecule has 1 aromatic rings. The van der Waals surface area contributed by atoms with Crippen molar-refractivity contribution in [2.45, 2.75) is 30.4 Å². The number of H-pyrrole nitrogens is 1. The number of aromatic nitrogens is 2. The number of hydrogen-bond acceptors (Lipinski definition) is 11. The van der Waals surface area contributed by atoms with Crippen molar-refractivity contribution < 1.29 is 38.9 Å². The lowest BCUT2D eigenvalue weighted by atomic mass is 10.0. The fraction of sp³-hybridized carbons (Fsp3) is 0.556. The highest BCUT2D eigenvalue weighted by Gasteiger charge is 2.55. The van der Waals surface area contributed by atoms with Gasteiger partial charge in [0.05, 0.1) is 6.20 Å². The number of aromatic amines is 1. The minimum absolute atomic E-state index is 0.328. The number of nitrogens with one attached hydrogen (secondary N) is 2. The first kappa shape index (κ1) is 18.7. The van der Waals surface area contributed by atoms with Gasteiger partial charge in [0.25, 0.3) is 5.56 Å². The lowest BCUT2D eigenvalue weighted by Crippen LogP contribution is -2.59. The number of phosphoric ester groups is 1. The Balaban J connectivity index is 2.18. The van der Waals surface area contributed by atoms with Gasteiger partial charge in [0.2, 0.25) is 11.7 Å². The average molecular weight is 369 g/mol. The lowest BCUT2D eigenvalue weighted by Gasteiger charge is -2.26. The summed E-state index contributed by atoms with van der Waals surface area (Å²) in [6.07, 6.45) is -5.63. The molecular formula is C9H16N5O9P. The maximum Gasteiger partial charge on any atom is 0.525 e. The topological polar surface area (TPSA) is 246 Å². The molecular weight excluding hydrogens is 353 g/mol. The van der Waals surface area contributed by atoms with Gasteiger partial charge in [-0.3, -0.25) is 25.3 Å². The van der Waals surface area contributed by atoms with Crippen LogP contribution in [0.1, 0.15) is 0 Å². The van der Waals surface area contributed by atoms with Gasteiger partial charge >= 0.3 is 7.82 Å². The molecule has 1 fully saturated rings. The molecule has 0 amide bonds. The molecule has 1 aromatic heterocycles. The van der Waals surface area contributed by atoms with Gasteiger partial charge in [-0.1, -0.05) is 0 Å². The van der Waals surface area contributed by atoms with Crippen molar-refractivity contribution in [2.75, 3.05) is 5.32 Å². The molecule has 2 rings (SSSR count).